The molecule has 0 aliphatic carbocycles. The van der Waals surface area contributed by atoms with Crippen molar-refractivity contribution in [2.75, 3.05) is 21.7 Å². The molecule has 7 aromatic rings. The molecular weight excluding hydrogens is 1190 g/mol. The number of carbonyl (C=O) groups is 8. The van der Waals surface area contributed by atoms with E-state index in [4.69, 9.17) is 0 Å². The van der Waals surface area contributed by atoms with Crippen molar-refractivity contribution >= 4 is 64.3 Å². The second-order valence-electron chi connectivity index (χ2n) is 21.3. The minimum atomic E-state index is -6.30. The van der Waals surface area contributed by atoms with Gasteiger partial charge in [0.15, 0.2) is 0 Å². The lowest BCUT2D eigenvalue weighted by atomic mass is 9.71. The third-order valence-electron chi connectivity index (χ3n) is 16.6. The molecule has 11 rings (SSSR count). The highest BCUT2D eigenvalue weighted by molar-refractivity contribution is 6.37. The van der Waals surface area contributed by atoms with Gasteiger partial charge in [-0.3, -0.25) is 43.3 Å². The van der Waals surface area contributed by atoms with Crippen LogP contribution in [-0.2, 0) is 17.3 Å². The highest BCUT2D eigenvalue weighted by Crippen LogP contribution is 2.59. The van der Waals surface area contributed by atoms with Crippen LogP contribution in [0.25, 0.3) is 11.1 Å². The number of fused-ring (bicyclic) bond motifs is 4. The van der Waals surface area contributed by atoms with E-state index < -0.39 is 172 Å². The summed E-state index contributed by atoms with van der Waals surface area (Å²) < 4.78 is 185. The fraction of sp³-hybridized carbons (Fsp3) is 0.194. The quantitative estimate of drug-likeness (QED) is 0.104. The number of imide groups is 4. The molecule has 2 N–H and O–H groups in total. The van der Waals surface area contributed by atoms with Gasteiger partial charge in [-0.1, -0.05) is 49.4 Å². The molecule has 4 heterocycles. The Morgan fingerprint density at radius 1 is 0.364 bits per heavy atom. The van der Waals surface area contributed by atoms with Crippen LogP contribution in [0.1, 0.15) is 134 Å². The number of halogens is 12. The second kappa shape index (κ2) is 19.4. The monoisotopic (exact) mass is 1230 g/mol. The molecule has 0 saturated carbocycles. The maximum Gasteiger partial charge on any atom is 0.411 e. The molecule has 0 atom stereocenters. The number of aromatic hydroxyl groups is 2. The molecule has 0 bridgehead atoms. The van der Waals surface area contributed by atoms with Crippen LogP contribution < -0.4 is 14.7 Å². The lowest BCUT2D eigenvalue weighted by Crippen LogP contribution is -2.55. The van der Waals surface area contributed by atoms with E-state index >= 15 is 52.7 Å². The predicted octanol–water partition coefficient (Wildman–Crippen LogP) is 12.7. The summed E-state index contributed by atoms with van der Waals surface area (Å²) in [6, 6.07) is 12.2. The minimum absolute atomic E-state index is 0.0816. The topological polar surface area (TPSA) is 190 Å². The summed E-state index contributed by atoms with van der Waals surface area (Å²) >= 11 is 0. The number of carbonyl (C=O) groups excluding carboxylic acids is 8. The first-order valence-electron chi connectivity index (χ1n) is 26.1. The van der Waals surface area contributed by atoms with Gasteiger partial charge in [-0.15, -0.1) is 0 Å². The van der Waals surface area contributed by atoms with E-state index in [1.54, 1.807) is 26.8 Å². The van der Waals surface area contributed by atoms with Crippen molar-refractivity contribution in [2.24, 2.45) is 0 Å². The van der Waals surface area contributed by atoms with Crippen LogP contribution in [0.4, 0.5) is 69.7 Å². The van der Waals surface area contributed by atoms with Gasteiger partial charge in [-0.05, 0) is 156 Å². The smallest absolute Gasteiger partial charge is 0.411 e. The molecule has 4 aliphatic rings. The highest BCUT2D eigenvalue weighted by Gasteiger charge is 2.74. The van der Waals surface area contributed by atoms with Crippen molar-refractivity contribution < 1.29 is 101 Å². The average Bonchev–Trinajstić information content (AvgIpc) is 1.02. The number of nitrogens with zero attached hydrogens (tertiary/aromatic N) is 4. The van der Waals surface area contributed by atoms with Gasteiger partial charge < -0.3 is 10.2 Å². The first-order chi connectivity index (χ1) is 41.0. The van der Waals surface area contributed by atoms with Crippen LogP contribution in [0.3, 0.4) is 0 Å². The Morgan fingerprint density at radius 3 is 0.989 bits per heavy atom. The van der Waals surface area contributed by atoms with Crippen LogP contribution in [0.15, 0.2) is 115 Å². The summed E-state index contributed by atoms with van der Waals surface area (Å²) in [6.45, 7) is 6.80. The van der Waals surface area contributed by atoms with Gasteiger partial charge in [0.25, 0.3) is 47.3 Å². The van der Waals surface area contributed by atoms with E-state index in [2.05, 4.69) is 0 Å². The first kappa shape index (κ1) is 59.6. The van der Waals surface area contributed by atoms with Crippen molar-refractivity contribution in [3.63, 3.8) is 0 Å². The van der Waals surface area contributed by atoms with Crippen molar-refractivity contribution in [3.8, 4) is 22.6 Å². The highest BCUT2D eigenvalue weighted by atomic mass is 19.4. The first-order valence-corrected chi connectivity index (χ1v) is 26.1. The number of rotatable bonds is 9. The van der Waals surface area contributed by atoms with Crippen molar-refractivity contribution in [1.82, 2.24) is 4.90 Å². The fourth-order valence-corrected chi connectivity index (χ4v) is 12.5. The summed E-state index contributed by atoms with van der Waals surface area (Å²) in [5, 5.41) is 22.6. The van der Waals surface area contributed by atoms with Crippen LogP contribution in [-0.4, -0.2) is 94.1 Å². The number of amides is 8. The zero-order chi connectivity index (χ0) is 64.3. The Bertz CT molecular complexity index is 4370. The molecule has 26 heteroatoms. The largest absolute Gasteiger partial charge is 0.506 e. The molecule has 7 aromatic carbocycles. The number of phenolic OH excluding ortho intramolecular Hbond substituents is 2. The minimum Gasteiger partial charge on any atom is -0.506 e. The third-order valence-corrected chi connectivity index (χ3v) is 16.6. The van der Waals surface area contributed by atoms with E-state index in [1.165, 1.54) is 0 Å². The van der Waals surface area contributed by atoms with Crippen LogP contribution in [0.5, 0.6) is 11.5 Å². The third kappa shape index (κ3) is 8.05. The summed E-state index contributed by atoms with van der Waals surface area (Å²) in [4.78, 5) is 110. The van der Waals surface area contributed by atoms with Crippen molar-refractivity contribution in [2.45, 2.75) is 69.7 Å². The Labute approximate surface area is 487 Å². The number of hydrogen-bond acceptors (Lipinski definition) is 10. The van der Waals surface area contributed by atoms with E-state index in [-0.39, 0.29) is 44.8 Å². The molecular formula is C62H38F12N4O10. The molecule has 450 valence electrons. The molecule has 0 unspecified atom stereocenters. The second-order valence-corrected chi connectivity index (χ2v) is 21.3. The van der Waals surface area contributed by atoms with Gasteiger partial charge in [0.05, 0.1) is 61.6 Å². The lowest BCUT2D eigenvalue weighted by Gasteiger charge is -2.38. The number of alkyl halides is 12. The Kier molecular flexibility index (Phi) is 13.2. The molecule has 0 spiro atoms. The standard InChI is InChI=1S/C62H38F12N4O10/c1-6-35-26(2)19-27(3)48(28(35)4)78-53(85)39-16-12-34(25-43(39)56(78)88)58(61(69,70)71,62(72,73)74)33-11-15-38-42(24-33)55(87)77(52(38)84)45-18-8-30(21-47(45)80)29-7-17-44(46(79)20-29)76-51(83)37-14-10-32(23-41(37)54(76)86)57(59(63,64)65,60(66,67)68)31-9-13-36-40(22-31)50(82)75(5)49(36)81/h7-25,79-80H,6H2,1-5H3. The number of hydrogen-bond donors (Lipinski definition) is 2. The normalized spacial score (nSPS) is 15.6. The number of anilines is 3. The fourth-order valence-electron chi connectivity index (χ4n) is 12.5. The molecule has 8 amide bonds. The lowest BCUT2D eigenvalue weighted by molar-refractivity contribution is -0.290. The van der Waals surface area contributed by atoms with Gasteiger partial charge in [0.2, 0.25) is 10.8 Å². The zero-order valence-corrected chi connectivity index (χ0v) is 45.7. The van der Waals surface area contributed by atoms with Crippen molar-refractivity contribution in [3.05, 3.63) is 204 Å². The molecule has 14 nitrogen and oxygen atoms in total. The molecule has 88 heavy (non-hydrogen) atoms. The number of phenols is 2. The molecule has 4 aliphatic heterocycles. The van der Waals surface area contributed by atoms with Gasteiger partial charge in [-0.25, -0.2) is 14.7 Å². The summed E-state index contributed by atoms with van der Waals surface area (Å²) in [6.07, 6.45) is -24.7. The number of aryl methyl sites for hydroxylation is 2. The van der Waals surface area contributed by atoms with Crippen LogP contribution >= 0.6 is 0 Å². The Morgan fingerprint density at radius 2 is 0.659 bits per heavy atom. The maximum absolute atomic E-state index is 15.7. The van der Waals surface area contributed by atoms with E-state index in [9.17, 15) is 48.6 Å². The SMILES string of the molecule is CCc1c(C)cc(C)c(N2C(=O)c3ccc(C(c4ccc5c(c4)C(=O)N(c4ccc(-c6ccc(N7C(=O)c8ccc(C(c9ccc%10c(c9)C(=O)N(C)C%10=O)(C(F)(F)F)C(F)(F)F)cc8C7=O)c(O)c6)cc4O)C5=O)(C(F)(F)F)C(F)(F)F)cc3C2=O)c1C. The zero-order valence-electron chi connectivity index (χ0n) is 45.7. The summed E-state index contributed by atoms with van der Waals surface area (Å²) in [5.74, 6) is -11.9. The Balaban J connectivity index is 0.886. The maximum atomic E-state index is 15.7. The van der Waals surface area contributed by atoms with E-state index in [0.717, 1.165) is 54.6 Å². The summed E-state index contributed by atoms with van der Waals surface area (Å²) in [7, 11) is 0.962. The van der Waals surface area contributed by atoms with Crippen molar-refractivity contribution in [1.29, 1.82) is 0 Å². The number of benzene rings is 7. The van der Waals surface area contributed by atoms with Gasteiger partial charge in [0, 0.05) is 7.05 Å². The average molecular weight is 1230 g/mol. The van der Waals surface area contributed by atoms with E-state index in [0.29, 0.717) is 81.9 Å². The van der Waals surface area contributed by atoms with Crippen LogP contribution in [0, 0.1) is 20.8 Å². The molecule has 0 fully saturated rings. The van der Waals surface area contributed by atoms with Gasteiger partial charge in [-0.2, -0.15) is 52.7 Å². The predicted molar refractivity (Wildman–Crippen MR) is 287 cm³/mol. The molecule has 0 saturated heterocycles. The molecule has 0 aromatic heterocycles. The van der Waals surface area contributed by atoms with Crippen LogP contribution in [0.2, 0.25) is 0 Å². The van der Waals surface area contributed by atoms with E-state index in [1.807, 2.05) is 6.92 Å². The van der Waals surface area contributed by atoms with Gasteiger partial charge >= 0.3 is 24.7 Å². The molecule has 0 radical (unpaired) electrons. The van der Waals surface area contributed by atoms with Gasteiger partial charge in [0.1, 0.15) is 11.5 Å². The Hall–Kier alpha value is -10.1. The summed E-state index contributed by atoms with van der Waals surface area (Å²) in [5.41, 5.74) is -21.1.